The van der Waals surface area contributed by atoms with Gasteiger partial charge in [-0.25, -0.2) is 0 Å². The largest absolute Gasteiger partial charge is 0.460 e. The van der Waals surface area contributed by atoms with Gasteiger partial charge in [-0.2, -0.15) is 0 Å². The highest BCUT2D eigenvalue weighted by Gasteiger charge is 2.50. The average Bonchev–Trinajstić information content (AvgIpc) is 3.37. The van der Waals surface area contributed by atoms with Crippen LogP contribution in [-0.4, -0.2) is 46.0 Å². The fourth-order valence-corrected chi connectivity index (χ4v) is 8.25. The zero-order valence-electron chi connectivity index (χ0n) is 28.3. The second kappa shape index (κ2) is 16.0. The van der Waals surface area contributed by atoms with Gasteiger partial charge in [0.25, 0.3) is 5.69 Å². The summed E-state index contributed by atoms with van der Waals surface area (Å²) in [6.07, 6.45) is 16.9. The molecule has 256 valence electrons. The Morgan fingerprint density at radius 3 is 2.79 bits per heavy atom. The first-order valence-electron chi connectivity index (χ1n) is 17.0. The van der Waals surface area contributed by atoms with Gasteiger partial charge in [0.05, 0.1) is 16.6 Å². The molecule has 3 N–H and O–H groups in total. The number of nitro groups is 1. The molecule has 0 aliphatic heterocycles. The predicted octanol–water partition coefficient (Wildman–Crippen LogP) is 8.61. The molecule has 0 spiro atoms. The molecule has 5 atom stereocenters. The maximum absolute atomic E-state index is 12.5. The number of ether oxygens (including phenoxy) is 1. The molecular formula is C36H51N5O6. The van der Waals surface area contributed by atoms with Crippen molar-refractivity contribution in [2.45, 2.75) is 110 Å². The number of anilines is 1. The lowest BCUT2D eigenvalue weighted by Crippen LogP contribution is -2.36. The zero-order chi connectivity index (χ0) is 34.2. The van der Waals surface area contributed by atoms with Crippen LogP contribution in [0.1, 0.15) is 98.3 Å². The number of allylic oxidation sites excluding steroid dienone is 4. The molecule has 0 aromatic heterocycles. The van der Waals surface area contributed by atoms with Crippen LogP contribution in [0.4, 0.5) is 17.1 Å². The molecule has 0 radical (unpaired) electrons. The van der Waals surface area contributed by atoms with Crippen molar-refractivity contribution in [2.75, 3.05) is 18.5 Å². The number of benzene rings is 1. The monoisotopic (exact) mass is 649 g/mol. The van der Waals surface area contributed by atoms with E-state index in [4.69, 9.17) is 10.3 Å². The second-order valence-corrected chi connectivity index (χ2v) is 14.5. The average molecular weight is 650 g/mol. The first-order valence-corrected chi connectivity index (χ1v) is 17.0. The fraction of sp³-hybridized carbons (Fsp3) is 0.639. The van der Waals surface area contributed by atoms with E-state index in [-0.39, 0.29) is 35.6 Å². The number of rotatable bonds is 13. The lowest BCUT2D eigenvalue weighted by atomic mass is 9.60. The second-order valence-electron chi connectivity index (χ2n) is 14.5. The summed E-state index contributed by atoms with van der Waals surface area (Å²) in [4.78, 5) is 25.9. The first kappa shape index (κ1) is 36.2. The molecule has 0 saturated heterocycles. The standard InChI is InChI=1S/C36H51N5O6/c1-24(7-5-18-35(2,3)44)30-14-15-31-26(8-6-19-36(30,31)4)9-10-27-21-29(42)13-11-25(27)17-20-47-34(43)23-38-32-16-12-28(39-40-37)22-33(32)41(45)46/h9-10,12,16-17,22,24,29-31,38,42,44H,5-8,11,13-15,18-21,23H2,1-4H3/b25-17+,26-9+,27-10-/t24-,29+,30-,31+,36-/m1/s1. The van der Waals surface area contributed by atoms with E-state index in [1.165, 1.54) is 43.4 Å². The van der Waals surface area contributed by atoms with Crippen LogP contribution in [-0.2, 0) is 9.53 Å². The topological polar surface area (TPSA) is 171 Å². The van der Waals surface area contributed by atoms with Gasteiger partial charge in [-0.15, -0.1) is 0 Å². The molecule has 11 heteroatoms. The third-order valence-electron chi connectivity index (χ3n) is 10.6. The number of carbonyl (C=O) groups excluding carboxylic acids is 1. The molecule has 47 heavy (non-hydrogen) atoms. The number of carbonyl (C=O) groups is 1. The number of fused-ring (bicyclic) bond motifs is 1. The van der Waals surface area contributed by atoms with Crippen LogP contribution in [0.3, 0.4) is 0 Å². The summed E-state index contributed by atoms with van der Waals surface area (Å²) in [5.41, 5.74) is 11.8. The van der Waals surface area contributed by atoms with E-state index in [0.717, 1.165) is 42.9 Å². The number of aliphatic hydroxyl groups is 2. The molecule has 3 fully saturated rings. The van der Waals surface area contributed by atoms with Crippen molar-refractivity contribution in [3.8, 4) is 0 Å². The minimum atomic E-state index is -0.615. The van der Waals surface area contributed by atoms with E-state index in [1.807, 2.05) is 19.9 Å². The number of aliphatic hydroxyl groups excluding tert-OH is 1. The van der Waals surface area contributed by atoms with Crippen LogP contribution < -0.4 is 5.32 Å². The normalized spacial score (nSPS) is 27.7. The van der Waals surface area contributed by atoms with Crippen molar-refractivity contribution in [1.82, 2.24) is 0 Å². The van der Waals surface area contributed by atoms with Gasteiger partial charge in [0.1, 0.15) is 18.8 Å². The van der Waals surface area contributed by atoms with E-state index in [1.54, 1.807) is 0 Å². The molecular weight excluding hydrogens is 598 g/mol. The van der Waals surface area contributed by atoms with Crippen molar-refractivity contribution in [1.29, 1.82) is 0 Å². The van der Waals surface area contributed by atoms with E-state index >= 15 is 0 Å². The Morgan fingerprint density at radius 2 is 2.06 bits per heavy atom. The van der Waals surface area contributed by atoms with Crippen LogP contribution in [0.5, 0.6) is 0 Å². The van der Waals surface area contributed by atoms with E-state index in [0.29, 0.717) is 37.0 Å². The van der Waals surface area contributed by atoms with E-state index < -0.39 is 22.6 Å². The number of nitro benzene ring substituents is 1. The van der Waals surface area contributed by atoms with Crippen molar-refractivity contribution >= 4 is 23.0 Å². The third-order valence-corrected chi connectivity index (χ3v) is 10.6. The van der Waals surface area contributed by atoms with Crippen molar-refractivity contribution in [2.24, 2.45) is 28.3 Å². The maximum atomic E-state index is 12.5. The number of hydrogen-bond donors (Lipinski definition) is 3. The smallest absolute Gasteiger partial charge is 0.325 e. The van der Waals surface area contributed by atoms with E-state index in [9.17, 15) is 25.1 Å². The van der Waals surface area contributed by atoms with Crippen LogP contribution in [0.25, 0.3) is 10.4 Å². The molecule has 0 bridgehead atoms. The SMILES string of the molecule is C[C@H](CCCC(C)(C)O)[C@H]1CC[C@H]2/C(=C/C=C3/C[C@@H](O)CC/C3=C\COC(=O)CNc3ccc(N=[N+]=[N-])cc3[N+](=O)[O-])CCC[C@]12C. The number of nitrogens with zero attached hydrogens (tertiary/aromatic N) is 4. The molecule has 3 aliphatic carbocycles. The van der Waals surface area contributed by atoms with Gasteiger partial charge in [0, 0.05) is 16.7 Å². The summed E-state index contributed by atoms with van der Waals surface area (Å²) in [6.45, 7) is 8.48. The third kappa shape index (κ3) is 9.69. The lowest BCUT2D eigenvalue weighted by Gasteiger charge is -2.44. The molecule has 1 aromatic carbocycles. The molecule has 11 nitrogen and oxygen atoms in total. The molecule has 0 amide bonds. The summed E-state index contributed by atoms with van der Waals surface area (Å²) < 4.78 is 5.42. The molecule has 0 unspecified atom stereocenters. The first-order chi connectivity index (χ1) is 22.3. The highest BCUT2D eigenvalue weighted by Crippen LogP contribution is 2.60. The Labute approximate surface area is 277 Å². The van der Waals surface area contributed by atoms with Gasteiger partial charge in [0.2, 0.25) is 0 Å². The van der Waals surface area contributed by atoms with Gasteiger partial charge in [-0.1, -0.05) is 55.6 Å². The van der Waals surface area contributed by atoms with Crippen molar-refractivity contribution in [3.63, 3.8) is 0 Å². The number of nitrogens with one attached hydrogen (secondary N) is 1. The molecule has 3 aliphatic rings. The van der Waals surface area contributed by atoms with Gasteiger partial charge in [-0.3, -0.25) is 14.9 Å². The van der Waals surface area contributed by atoms with Crippen LogP contribution in [0, 0.1) is 33.3 Å². The summed E-state index contributed by atoms with van der Waals surface area (Å²) in [6, 6.07) is 3.95. The van der Waals surface area contributed by atoms with E-state index in [2.05, 4.69) is 41.3 Å². The zero-order valence-corrected chi connectivity index (χ0v) is 28.3. The molecule has 3 saturated carbocycles. The Bertz CT molecular complexity index is 1440. The van der Waals surface area contributed by atoms with Crippen molar-refractivity contribution in [3.05, 3.63) is 73.7 Å². The highest BCUT2D eigenvalue weighted by molar-refractivity contribution is 5.77. The fourth-order valence-electron chi connectivity index (χ4n) is 8.25. The van der Waals surface area contributed by atoms with Crippen LogP contribution in [0.2, 0.25) is 0 Å². The minimum Gasteiger partial charge on any atom is -0.460 e. The number of esters is 1. The maximum Gasteiger partial charge on any atom is 0.325 e. The van der Waals surface area contributed by atoms with Gasteiger partial charge in [0.15, 0.2) is 0 Å². The van der Waals surface area contributed by atoms with Gasteiger partial charge >= 0.3 is 5.97 Å². The summed E-state index contributed by atoms with van der Waals surface area (Å²) in [5, 5.41) is 38.2. The minimum absolute atomic E-state index is 0.0610. The van der Waals surface area contributed by atoms with Crippen LogP contribution in [0.15, 0.2) is 58.3 Å². The van der Waals surface area contributed by atoms with Gasteiger partial charge < -0.3 is 20.3 Å². The van der Waals surface area contributed by atoms with Gasteiger partial charge in [-0.05, 0) is 124 Å². The molecule has 1 aromatic rings. The molecule has 0 heterocycles. The summed E-state index contributed by atoms with van der Waals surface area (Å²) >= 11 is 0. The van der Waals surface area contributed by atoms with Crippen LogP contribution >= 0.6 is 0 Å². The Morgan fingerprint density at radius 1 is 1.28 bits per heavy atom. The lowest BCUT2D eigenvalue weighted by molar-refractivity contribution is -0.383. The predicted molar refractivity (Wildman–Crippen MR) is 183 cm³/mol. The highest BCUT2D eigenvalue weighted by atomic mass is 16.6. The van der Waals surface area contributed by atoms with Crippen molar-refractivity contribution < 1.29 is 24.7 Å². The Balaban J connectivity index is 1.38. The quantitative estimate of drug-likeness (QED) is 0.0479. The summed E-state index contributed by atoms with van der Waals surface area (Å²) in [7, 11) is 0. The summed E-state index contributed by atoms with van der Waals surface area (Å²) in [5.74, 6) is 1.32. The number of hydrogen-bond acceptors (Lipinski definition) is 8. The Kier molecular flexibility index (Phi) is 12.3. The number of azide groups is 1. The Hall–Kier alpha value is -3.66. The molecule has 4 rings (SSSR count).